The van der Waals surface area contributed by atoms with Crippen LogP contribution in [0.1, 0.15) is 42.5 Å². The van der Waals surface area contributed by atoms with Crippen molar-refractivity contribution in [3.05, 3.63) is 27.7 Å². The summed E-state index contributed by atoms with van der Waals surface area (Å²) in [5.41, 5.74) is 2.32. The van der Waals surface area contributed by atoms with Gasteiger partial charge in [-0.15, -0.1) is 0 Å². The predicted octanol–water partition coefficient (Wildman–Crippen LogP) is 3.38. The maximum Gasteiger partial charge on any atom is 0.130 e. The van der Waals surface area contributed by atoms with Crippen molar-refractivity contribution < 1.29 is 9.84 Å². The van der Waals surface area contributed by atoms with Crippen LogP contribution in [0.25, 0.3) is 0 Å². The van der Waals surface area contributed by atoms with Crippen molar-refractivity contribution in [2.75, 3.05) is 0 Å². The molecule has 2 unspecified atom stereocenters. The highest BCUT2D eigenvalue weighted by Crippen LogP contribution is 2.64. The normalized spacial score (nSPS) is 27.5. The number of ether oxygens (including phenoxy) is 1. The second-order valence-corrected chi connectivity index (χ2v) is 5.57. The zero-order valence-electron chi connectivity index (χ0n) is 10.9. The van der Waals surface area contributed by atoms with Crippen molar-refractivity contribution in [1.82, 2.24) is 0 Å². The van der Waals surface area contributed by atoms with E-state index >= 15 is 0 Å². The first kappa shape index (κ1) is 11.5. The maximum atomic E-state index is 11.2. The van der Waals surface area contributed by atoms with Crippen molar-refractivity contribution in [2.45, 2.75) is 45.8 Å². The minimum absolute atomic E-state index is 0.00958. The van der Waals surface area contributed by atoms with Gasteiger partial charge in [-0.05, 0) is 50.8 Å². The highest BCUT2D eigenvalue weighted by molar-refractivity contribution is 5.55. The Bertz CT molecular complexity index is 534. The largest absolute Gasteiger partial charge is 0.508 e. The van der Waals surface area contributed by atoms with Crippen LogP contribution >= 0.6 is 0 Å². The first-order chi connectivity index (χ1) is 8.51. The topological polar surface area (TPSA) is 58.9 Å². The first-order valence-electron chi connectivity index (χ1n) is 6.33. The van der Waals surface area contributed by atoms with E-state index in [1.807, 2.05) is 20.8 Å². The average molecular weight is 247 g/mol. The lowest BCUT2D eigenvalue weighted by Gasteiger charge is -2.36. The van der Waals surface area contributed by atoms with Gasteiger partial charge in [-0.3, -0.25) is 0 Å². The molecule has 96 valence electrons. The van der Waals surface area contributed by atoms with Crippen LogP contribution in [-0.4, -0.2) is 11.2 Å². The van der Waals surface area contributed by atoms with Crippen LogP contribution in [-0.2, 0) is 0 Å². The molecule has 1 aliphatic heterocycles. The van der Waals surface area contributed by atoms with Gasteiger partial charge in [0.2, 0.25) is 0 Å². The van der Waals surface area contributed by atoms with Crippen molar-refractivity contribution >= 4 is 0 Å². The number of hydrogen-bond donors (Lipinski definition) is 1. The zero-order chi connectivity index (χ0) is 13.1. The van der Waals surface area contributed by atoms with Crippen LogP contribution in [0.4, 0.5) is 0 Å². The van der Waals surface area contributed by atoms with Gasteiger partial charge < -0.3 is 9.84 Å². The molecule has 1 N–H and O–H groups in total. The molecule has 1 aromatic rings. The van der Waals surface area contributed by atoms with Gasteiger partial charge in [-0.2, -0.15) is 4.91 Å². The zero-order valence-corrected chi connectivity index (χ0v) is 10.9. The number of nitrogens with zero attached hydrogens (tertiary/aromatic N) is 1. The Labute approximate surface area is 106 Å². The number of aromatic hydroxyl groups is 1. The fourth-order valence-corrected chi connectivity index (χ4v) is 3.07. The van der Waals surface area contributed by atoms with Gasteiger partial charge in [0, 0.05) is 11.0 Å². The molecule has 3 rings (SSSR count). The lowest BCUT2D eigenvalue weighted by molar-refractivity contribution is 0.0899. The van der Waals surface area contributed by atoms with Gasteiger partial charge >= 0.3 is 0 Å². The van der Waals surface area contributed by atoms with E-state index in [0.717, 1.165) is 35.3 Å². The molecule has 18 heavy (non-hydrogen) atoms. The van der Waals surface area contributed by atoms with E-state index in [2.05, 4.69) is 5.18 Å². The quantitative estimate of drug-likeness (QED) is 0.774. The van der Waals surface area contributed by atoms with Gasteiger partial charge in [0.1, 0.15) is 23.6 Å². The molecule has 1 saturated carbocycles. The number of nitroso groups, excluding NO2 is 1. The molecule has 1 heterocycles. The highest BCUT2D eigenvalue weighted by atomic mass is 16.5. The summed E-state index contributed by atoms with van der Waals surface area (Å²) in [5.74, 6) is 0.953. The van der Waals surface area contributed by atoms with Gasteiger partial charge in [-0.25, -0.2) is 0 Å². The number of phenolic OH excluding ortho intramolecular Hbond substituents is 1. The molecule has 0 bridgehead atoms. The van der Waals surface area contributed by atoms with Crippen LogP contribution in [0.5, 0.6) is 11.5 Å². The molecule has 4 heteroatoms. The summed E-state index contributed by atoms with van der Waals surface area (Å²) < 4.78 is 6.00. The molecular formula is C14H17NO3. The summed E-state index contributed by atoms with van der Waals surface area (Å²) in [6.45, 7) is 5.77. The van der Waals surface area contributed by atoms with Gasteiger partial charge in [0.25, 0.3) is 0 Å². The fraction of sp³-hybridized carbons (Fsp3) is 0.571. The third-order valence-electron chi connectivity index (χ3n) is 4.72. The number of phenols is 1. The Morgan fingerprint density at radius 1 is 1.39 bits per heavy atom. The molecule has 4 nitrogen and oxygen atoms in total. The SMILES string of the molecule is Cc1c(O)cc2c(c1C)OC(C)C1(CC1)C2N=O. The van der Waals surface area contributed by atoms with Crippen molar-refractivity contribution in [2.24, 2.45) is 10.6 Å². The molecule has 1 fully saturated rings. The molecule has 1 spiro atoms. The standard InChI is InChI=1S/C14H17NO3/c1-7-8(2)12-10(6-11(7)16)13(15-17)14(4-5-14)9(3)18-12/h6,9,13,16H,4-5H2,1-3H3. The Balaban J connectivity index is 2.22. The average Bonchev–Trinajstić information content (AvgIpc) is 3.12. The van der Waals surface area contributed by atoms with E-state index in [1.165, 1.54) is 0 Å². The number of benzene rings is 1. The van der Waals surface area contributed by atoms with E-state index in [-0.39, 0.29) is 23.3 Å². The summed E-state index contributed by atoms with van der Waals surface area (Å²) in [7, 11) is 0. The third kappa shape index (κ3) is 1.26. The van der Waals surface area contributed by atoms with Crippen LogP contribution in [0.3, 0.4) is 0 Å². The van der Waals surface area contributed by atoms with E-state index in [9.17, 15) is 10.0 Å². The molecule has 0 amide bonds. The molecule has 1 aliphatic carbocycles. The molecule has 0 aromatic heterocycles. The Kier molecular flexibility index (Phi) is 2.22. The summed E-state index contributed by atoms with van der Waals surface area (Å²) in [4.78, 5) is 11.2. The van der Waals surface area contributed by atoms with Gasteiger partial charge in [0.05, 0.1) is 0 Å². The van der Waals surface area contributed by atoms with E-state index in [4.69, 9.17) is 4.74 Å². The van der Waals surface area contributed by atoms with Gasteiger partial charge in [-0.1, -0.05) is 5.18 Å². The van der Waals surface area contributed by atoms with E-state index < -0.39 is 0 Å². The molecule has 0 radical (unpaired) electrons. The molecule has 1 aromatic carbocycles. The first-order valence-corrected chi connectivity index (χ1v) is 6.33. The minimum atomic E-state index is -0.388. The van der Waals surface area contributed by atoms with Gasteiger partial charge in [0.15, 0.2) is 0 Å². The second kappa shape index (κ2) is 3.46. The highest BCUT2D eigenvalue weighted by Gasteiger charge is 2.59. The second-order valence-electron chi connectivity index (χ2n) is 5.57. The Morgan fingerprint density at radius 2 is 2.06 bits per heavy atom. The molecule has 0 saturated heterocycles. The Hall–Kier alpha value is -1.58. The molecular weight excluding hydrogens is 230 g/mol. The lowest BCUT2D eigenvalue weighted by atomic mass is 9.82. The van der Waals surface area contributed by atoms with Crippen LogP contribution in [0.15, 0.2) is 11.2 Å². The van der Waals surface area contributed by atoms with Crippen LogP contribution in [0, 0.1) is 24.2 Å². The molecule has 2 aliphatic rings. The van der Waals surface area contributed by atoms with Crippen molar-refractivity contribution in [3.8, 4) is 11.5 Å². The fourth-order valence-electron chi connectivity index (χ4n) is 3.07. The predicted molar refractivity (Wildman–Crippen MR) is 67.9 cm³/mol. The van der Waals surface area contributed by atoms with Crippen molar-refractivity contribution in [1.29, 1.82) is 0 Å². The monoisotopic (exact) mass is 247 g/mol. The number of rotatable bonds is 1. The number of fused-ring (bicyclic) bond motifs is 1. The maximum absolute atomic E-state index is 11.2. The number of hydrogen-bond acceptors (Lipinski definition) is 4. The van der Waals surface area contributed by atoms with Crippen molar-refractivity contribution in [3.63, 3.8) is 0 Å². The molecule has 2 atom stereocenters. The summed E-state index contributed by atoms with van der Waals surface area (Å²) in [6.07, 6.45) is 1.95. The smallest absolute Gasteiger partial charge is 0.130 e. The van der Waals surface area contributed by atoms with Crippen LogP contribution < -0.4 is 4.74 Å². The minimum Gasteiger partial charge on any atom is -0.508 e. The third-order valence-corrected chi connectivity index (χ3v) is 4.72. The van der Waals surface area contributed by atoms with E-state index in [1.54, 1.807) is 6.07 Å². The summed E-state index contributed by atoms with van der Waals surface area (Å²) >= 11 is 0. The van der Waals surface area contributed by atoms with E-state index in [0.29, 0.717) is 0 Å². The lowest BCUT2D eigenvalue weighted by Crippen LogP contribution is -2.35. The van der Waals surface area contributed by atoms with Crippen LogP contribution in [0.2, 0.25) is 0 Å². The summed E-state index contributed by atoms with van der Waals surface area (Å²) in [6, 6.07) is 1.26. The Morgan fingerprint density at radius 3 is 2.61 bits per heavy atom. The summed E-state index contributed by atoms with van der Waals surface area (Å²) in [5, 5.41) is 13.3.